The lowest BCUT2D eigenvalue weighted by Crippen LogP contribution is -2.26. The van der Waals surface area contributed by atoms with Crippen molar-refractivity contribution in [3.05, 3.63) is 6.07 Å². The second kappa shape index (κ2) is 7.72. The minimum absolute atomic E-state index is 0.567. The molecule has 0 aliphatic heterocycles. The van der Waals surface area contributed by atoms with Crippen LogP contribution in [0.2, 0.25) is 0 Å². The summed E-state index contributed by atoms with van der Waals surface area (Å²) in [5, 5.41) is 7.69. The van der Waals surface area contributed by atoms with Crippen LogP contribution in [0, 0.1) is 5.92 Å². The zero-order chi connectivity index (χ0) is 14.4. The Bertz CT molecular complexity index is 416. The van der Waals surface area contributed by atoms with Gasteiger partial charge in [-0.3, -0.25) is 0 Å². The van der Waals surface area contributed by atoms with Crippen molar-refractivity contribution in [2.75, 3.05) is 23.4 Å². The van der Waals surface area contributed by atoms with Crippen LogP contribution in [0.5, 0.6) is 0 Å². The molecule has 0 unspecified atom stereocenters. The Morgan fingerprint density at radius 3 is 2.45 bits per heavy atom. The molecule has 1 aromatic rings. The summed E-state index contributed by atoms with van der Waals surface area (Å²) in [4.78, 5) is 9.03. The lowest BCUT2D eigenvalue weighted by Gasteiger charge is -2.28. The van der Waals surface area contributed by atoms with E-state index in [-0.39, 0.29) is 0 Å². The largest absolute Gasteiger partial charge is 0.370 e. The third kappa shape index (κ3) is 4.27. The summed E-state index contributed by atoms with van der Waals surface area (Å²) in [5.74, 6) is 2.80. The summed E-state index contributed by atoms with van der Waals surface area (Å²) in [5.41, 5.74) is 0. The first-order chi connectivity index (χ1) is 9.75. The van der Waals surface area contributed by atoms with E-state index in [4.69, 9.17) is 0 Å². The minimum atomic E-state index is 0.567. The zero-order valence-electron chi connectivity index (χ0n) is 12.8. The molecular formula is C15H26N4S. The van der Waals surface area contributed by atoms with Gasteiger partial charge in [0.1, 0.15) is 11.6 Å². The molecule has 1 fully saturated rings. The number of hydrogen-bond acceptors (Lipinski definition) is 5. The maximum Gasteiger partial charge on any atom is 0.191 e. The molecule has 2 rings (SSSR count). The van der Waals surface area contributed by atoms with Gasteiger partial charge < -0.3 is 10.6 Å². The molecule has 0 bridgehead atoms. The molecule has 0 atom stereocenters. The van der Waals surface area contributed by atoms with Gasteiger partial charge in [0.05, 0.1) is 0 Å². The Kier molecular flexibility index (Phi) is 5.95. The Morgan fingerprint density at radius 1 is 1.15 bits per heavy atom. The Balaban J connectivity index is 1.99. The van der Waals surface area contributed by atoms with Gasteiger partial charge >= 0.3 is 0 Å². The van der Waals surface area contributed by atoms with Crippen molar-refractivity contribution in [1.82, 2.24) is 9.97 Å². The molecule has 0 amide bonds. The molecule has 0 radical (unpaired) electrons. The minimum Gasteiger partial charge on any atom is -0.370 e. The standard InChI is InChI=1S/C15H26N4S/c1-4-11-6-8-12(9-7-11)17-14-10-13(16-5-2)18-15(19-14)20-3/h10-12H,4-9H2,1-3H3,(H2,16,17,18,19). The summed E-state index contributed by atoms with van der Waals surface area (Å²) >= 11 is 1.59. The highest BCUT2D eigenvalue weighted by Gasteiger charge is 2.20. The van der Waals surface area contributed by atoms with Crippen LogP contribution in [0.25, 0.3) is 0 Å². The third-order valence-electron chi connectivity index (χ3n) is 4.02. The van der Waals surface area contributed by atoms with Gasteiger partial charge in [-0.25, -0.2) is 9.97 Å². The maximum absolute atomic E-state index is 4.57. The Hall–Kier alpha value is -0.970. The molecule has 20 heavy (non-hydrogen) atoms. The molecule has 0 spiro atoms. The average molecular weight is 294 g/mol. The number of rotatable bonds is 6. The molecule has 5 heteroatoms. The monoisotopic (exact) mass is 294 g/mol. The topological polar surface area (TPSA) is 49.8 Å². The fourth-order valence-electron chi connectivity index (χ4n) is 2.79. The van der Waals surface area contributed by atoms with Crippen LogP contribution in [-0.4, -0.2) is 28.8 Å². The van der Waals surface area contributed by atoms with E-state index in [0.717, 1.165) is 29.3 Å². The van der Waals surface area contributed by atoms with Crippen molar-refractivity contribution in [1.29, 1.82) is 0 Å². The van der Waals surface area contributed by atoms with E-state index < -0.39 is 0 Å². The van der Waals surface area contributed by atoms with E-state index in [2.05, 4.69) is 34.4 Å². The number of aromatic nitrogens is 2. The normalized spacial score (nSPS) is 22.6. The van der Waals surface area contributed by atoms with Crippen LogP contribution in [0.1, 0.15) is 46.0 Å². The molecule has 1 aliphatic rings. The van der Waals surface area contributed by atoms with E-state index in [0.29, 0.717) is 6.04 Å². The van der Waals surface area contributed by atoms with Gasteiger partial charge in [-0.1, -0.05) is 25.1 Å². The second-order valence-electron chi connectivity index (χ2n) is 5.43. The predicted octanol–water partition coefficient (Wildman–Crippen LogP) is 4.01. The summed E-state index contributed by atoms with van der Waals surface area (Å²) in [6, 6.07) is 2.59. The van der Waals surface area contributed by atoms with Gasteiger partial charge in [-0.15, -0.1) is 0 Å². The number of nitrogens with one attached hydrogen (secondary N) is 2. The first-order valence-corrected chi connectivity index (χ1v) is 8.91. The highest BCUT2D eigenvalue weighted by atomic mass is 32.2. The Labute approximate surface area is 126 Å². The molecule has 1 saturated carbocycles. The molecule has 4 nitrogen and oxygen atoms in total. The molecular weight excluding hydrogens is 268 g/mol. The van der Waals surface area contributed by atoms with Crippen LogP contribution < -0.4 is 10.6 Å². The SMILES string of the molecule is CCNc1cc(NC2CCC(CC)CC2)nc(SC)n1. The second-order valence-corrected chi connectivity index (χ2v) is 6.20. The molecule has 1 aromatic heterocycles. The summed E-state index contributed by atoms with van der Waals surface area (Å²) in [6.07, 6.45) is 8.54. The van der Waals surface area contributed by atoms with E-state index in [9.17, 15) is 0 Å². The fraction of sp³-hybridized carbons (Fsp3) is 0.733. The van der Waals surface area contributed by atoms with E-state index in [1.165, 1.54) is 32.1 Å². The van der Waals surface area contributed by atoms with Gasteiger partial charge in [0, 0.05) is 18.7 Å². The van der Waals surface area contributed by atoms with E-state index in [1.54, 1.807) is 11.8 Å². The van der Waals surface area contributed by atoms with Crippen molar-refractivity contribution >= 4 is 23.4 Å². The number of thioether (sulfide) groups is 1. The molecule has 1 heterocycles. The molecule has 0 saturated heterocycles. The number of anilines is 2. The Morgan fingerprint density at radius 2 is 1.85 bits per heavy atom. The molecule has 0 aromatic carbocycles. The number of hydrogen-bond donors (Lipinski definition) is 2. The first-order valence-electron chi connectivity index (χ1n) is 7.68. The van der Waals surface area contributed by atoms with Gasteiger partial charge in [-0.05, 0) is 44.8 Å². The van der Waals surface area contributed by atoms with Gasteiger partial charge in [0.2, 0.25) is 0 Å². The summed E-state index contributed by atoms with van der Waals surface area (Å²) < 4.78 is 0. The van der Waals surface area contributed by atoms with Gasteiger partial charge in [0.15, 0.2) is 5.16 Å². The molecule has 2 N–H and O–H groups in total. The van der Waals surface area contributed by atoms with Crippen LogP contribution in [0.3, 0.4) is 0 Å². The smallest absolute Gasteiger partial charge is 0.191 e. The van der Waals surface area contributed by atoms with Gasteiger partial charge in [0.25, 0.3) is 0 Å². The van der Waals surface area contributed by atoms with Crippen LogP contribution in [-0.2, 0) is 0 Å². The highest BCUT2D eigenvalue weighted by Crippen LogP contribution is 2.28. The van der Waals surface area contributed by atoms with Crippen LogP contribution >= 0.6 is 11.8 Å². The van der Waals surface area contributed by atoms with Crippen molar-refractivity contribution in [3.63, 3.8) is 0 Å². The van der Waals surface area contributed by atoms with Crippen LogP contribution in [0.15, 0.2) is 11.2 Å². The fourth-order valence-corrected chi connectivity index (χ4v) is 3.17. The highest BCUT2D eigenvalue weighted by molar-refractivity contribution is 7.98. The molecule has 112 valence electrons. The van der Waals surface area contributed by atoms with Crippen molar-refractivity contribution < 1.29 is 0 Å². The quantitative estimate of drug-likeness (QED) is 0.613. The zero-order valence-corrected chi connectivity index (χ0v) is 13.6. The third-order valence-corrected chi connectivity index (χ3v) is 4.57. The van der Waals surface area contributed by atoms with Crippen molar-refractivity contribution in [2.24, 2.45) is 5.92 Å². The summed E-state index contributed by atoms with van der Waals surface area (Å²) in [7, 11) is 0. The van der Waals surface area contributed by atoms with Gasteiger partial charge in [-0.2, -0.15) is 0 Å². The summed E-state index contributed by atoms with van der Waals surface area (Å²) in [6.45, 7) is 5.27. The van der Waals surface area contributed by atoms with Crippen molar-refractivity contribution in [2.45, 2.75) is 57.1 Å². The lowest BCUT2D eigenvalue weighted by molar-refractivity contribution is 0.330. The average Bonchev–Trinajstić information content (AvgIpc) is 2.48. The van der Waals surface area contributed by atoms with Crippen LogP contribution in [0.4, 0.5) is 11.6 Å². The van der Waals surface area contributed by atoms with E-state index in [1.807, 2.05) is 12.3 Å². The lowest BCUT2D eigenvalue weighted by atomic mass is 9.84. The molecule has 1 aliphatic carbocycles. The first kappa shape index (κ1) is 15.4. The maximum atomic E-state index is 4.57. The van der Waals surface area contributed by atoms with Crippen molar-refractivity contribution in [3.8, 4) is 0 Å². The number of nitrogens with zero attached hydrogens (tertiary/aromatic N) is 2. The van der Waals surface area contributed by atoms with E-state index >= 15 is 0 Å². The predicted molar refractivity (Wildman–Crippen MR) is 87.6 cm³/mol.